The SMILES string of the molecule is C[C@]12CCC(O)CC1CC[C@@H]1[C@H]2CC(C2OCCO2)[C@]2(C)CCC[C@@]12O. The van der Waals surface area contributed by atoms with Gasteiger partial charge in [0.05, 0.1) is 24.9 Å². The Kier molecular flexibility index (Phi) is 4.08. The van der Waals surface area contributed by atoms with Crippen molar-refractivity contribution < 1.29 is 19.7 Å². The molecule has 2 N–H and O–H groups in total. The van der Waals surface area contributed by atoms with Gasteiger partial charge in [-0.2, -0.15) is 0 Å². The average Bonchev–Trinajstić information content (AvgIpc) is 3.23. The highest BCUT2D eigenvalue weighted by Crippen LogP contribution is 2.70. The molecule has 0 aromatic rings. The van der Waals surface area contributed by atoms with E-state index in [1.165, 1.54) is 6.42 Å². The van der Waals surface area contributed by atoms with Crippen molar-refractivity contribution in [2.45, 2.75) is 89.6 Å². The van der Waals surface area contributed by atoms with Gasteiger partial charge in [0.1, 0.15) is 0 Å². The summed E-state index contributed by atoms with van der Waals surface area (Å²) in [5.74, 6) is 1.83. The van der Waals surface area contributed by atoms with Crippen LogP contribution in [0.1, 0.15) is 71.6 Å². The van der Waals surface area contributed by atoms with Crippen molar-refractivity contribution >= 4 is 0 Å². The molecule has 148 valence electrons. The van der Waals surface area contributed by atoms with Gasteiger partial charge < -0.3 is 19.7 Å². The van der Waals surface area contributed by atoms with Crippen LogP contribution in [0, 0.1) is 34.5 Å². The Morgan fingerprint density at radius 3 is 2.38 bits per heavy atom. The quantitative estimate of drug-likeness (QED) is 0.748. The predicted octanol–water partition coefficient (Wildman–Crippen LogP) is 3.49. The van der Waals surface area contributed by atoms with Crippen LogP contribution in [0.2, 0.25) is 0 Å². The molecule has 0 amide bonds. The molecule has 4 heteroatoms. The second kappa shape index (κ2) is 5.92. The Hall–Kier alpha value is -0.160. The van der Waals surface area contributed by atoms with Gasteiger partial charge in [0.25, 0.3) is 0 Å². The minimum atomic E-state index is -0.570. The van der Waals surface area contributed by atoms with Gasteiger partial charge in [-0.05, 0) is 81.0 Å². The minimum Gasteiger partial charge on any atom is -0.393 e. The normalized spacial score (nSPS) is 57.5. The fraction of sp³-hybridized carbons (Fsp3) is 1.00. The molecule has 8 atom stereocenters. The van der Waals surface area contributed by atoms with E-state index in [-0.39, 0.29) is 23.2 Å². The highest BCUT2D eigenvalue weighted by molar-refractivity contribution is 5.17. The number of rotatable bonds is 1. The van der Waals surface area contributed by atoms with Gasteiger partial charge in [-0.3, -0.25) is 0 Å². The summed E-state index contributed by atoms with van der Waals surface area (Å²) in [6.07, 6.45) is 9.31. The van der Waals surface area contributed by atoms with Crippen LogP contribution in [0.3, 0.4) is 0 Å². The first-order valence-electron chi connectivity index (χ1n) is 11.0. The monoisotopic (exact) mass is 364 g/mol. The van der Waals surface area contributed by atoms with Crippen molar-refractivity contribution in [2.24, 2.45) is 34.5 Å². The molecular formula is C22H36O4. The Balaban J connectivity index is 1.54. The van der Waals surface area contributed by atoms with Crippen LogP contribution in [0.4, 0.5) is 0 Å². The molecule has 1 aliphatic heterocycles. The first kappa shape index (κ1) is 17.9. The third-order valence-corrected chi connectivity index (χ3v) is 9.82. The summed E-state index contributed by atoms with van der Waals surface area (Å²) >= 11 is 0. The average molecular weight is 365 g/mol. The smallest absolute Gasteiger partial charge is 0.161 e. The molecule has 5 aliphatic rings. The van der Waals surface area contributed by atoms with Gasteiger partial charge in [0, 0.05) is 11.3 Å². The second-order valence-corrected chi connectivity index (χ2v) is 10.6. The van der Waals surface area contributed by atoms with Crippen LogP contribution in [-0.4, -0.2) is 41.4 Å². The molecule has 26 heavy (non-hydrogen) atoms. The number of aliphatic hydroxyl groups is 2. The summed E-state index contributed by atoms with van der Waals surface area (Å²) < 4.78 is 12.0. The molecule has 0 spiro atoms. The van der Waals surface area contributed by atoms with E-state index in [1.807, 2.05) is 0 Å². The highest BCUT2D eigenvalue weighted by atomic mass is 16.7. The molecule has 0 radical (unpaired) electrons. The number of hydrogen-bond acceptors (Lipinski definition) is 4. The lowest BCUT2D eigenvalue weighted by Gasteiger charge is -2.65. The standard InChI is InChI=1S/C22H36O4/c1-20-9-6-15(23)12-14(20)4-5-16-17(20)13-18(19-25-10-11-26-19)21(2)7-3-8-22(16,21)24/h14-19,23-24H,3-13H2,1-2H3/t14?,15?,16-,17-,18?,20+,21+,22-/m1/s1. The molecule has 1 saturated heterocycles. The Morgan fingerprint density at radius 1 is 0.846 bits per heavy atom. The van der Waals surface area contributed by atoms with E-state index in [9.17, 15) is 10.2 Å². The van der Waals surface area contributed by atoms with E-state index in [1.54, 1.807) is 0 Å². The summed E-state index contributed by atoms with van der Waals surface area (Å²) in [7, 11) is 0. The van der Waals surface area contributed by atoms with Gasteiger partial charge in [-0.15, -0.1) is 0 Å². The zero-order valence-electron chi connectivity index (χ0n) is 16.5. The van der Waals surface area contributed by atoms with E-state index < -0.39 is 5.60 Å². The van der Waals surface area contributed by atoms with Crippen LogP contribution in [0.5, 0.6) is 0 Å². The predicted molar refractivity (Wildman–Crippen MR) is 98.4 cm³/mol. The third-order valence-electron chi connectivity index (χ3n) is 9.82. The Bertz CT molecular complexity index is 560. The van der Waals surface area contributed by atoms with Crippen molar-refractivity contribution in [3.8, 4) is 0 Å². The fourth-order valence-electron chi connectivity index (χ4n) is 8.28. The van der Waals surface area contributed by atoms with Gasteiger partial charge in [-0.1, -0.05) is 13.8 Å². The van der Waals surface area contributed by atoms with E-state index in [0.29, 0.717) is 36.9 Å². The summed E-state index contributed by atoms with van der Waals surface area (Å²) in [5, 5.41) is 22.3. The summed E-state index contributed by atoms with van der Waals surface area (Å²) in [6, 6.07) is 0. The molecule has 1 heterocycles. The number of ether oxygens (including phenoxy) is 2. The molecule has 5 fully saturated rings. The molecule has 3 unspecified atom stereocenters. The van der Waals surface area contributed by atoms with E-state index in [0.717, 1.165) is 51.4 Å². The first-order valence-corrected chi connectivity index (χ1v) is 11.0. The molecule has 0 aromatic carbocycles. The summed E-state index contributed by atoms with van der Waals surface area (Å²) in [6.45, 7) is 6.17. The Morgan fingerprint density at radius 2 is 1.62 bits per heavy atom. The van der Waals surface area contributed by atoms with Gasteiger partial charge in [0.15, 0.2) is 6.29 Å². The third kappa shape index (κ3) is 2.22. The maximum absolute atomic E-state index is 12.1. The molecular weight excluding hydrogens is 328 g/mol. The van der Waals surface area contributed by atoms with Crippen molar-refractivity contribution in [1.29, 1.82) is 0 Å². The number of aliphatic hydroxyl groups excluding tert-OH is 1. The van der Waals surface area contributed by atoms with E-state index >= 15 is 0 Å². The lowest BCUT2D eigenvalue weighted by atomic mass is 9.42. The maximum Gasteiger partial charge on any atom is 0.161 e. The lowest BCUT2D eigenvalue weighted by molar-refractivity contribution is -0.257. The zero-order valence-corrected chi connectivity index (χ0v) is 16.5. The summed E-state index contributed by atoms with van der Waals surface area (Å²) in [4.78, 5) is 0. The molecule has 5 rings (SSSR count). The van der Waals surface area contributed by atoms with Crippen molar-refractivity contribution in [1.82, 2.24) is 0 Å². The van der Waals surface area contributed by atoms with Gasteiger partial charge >= 0.3 is 0 Å². The van der Waals surface area contributed by atoms with E-state index in [2.05, 4.69) is 13.8 Å². The molecule has 0 aromatic heterocycles. The topological polar surface area (TPSA) is 58.9 Å². The zero-order chi connectivity index (χ0) is 18.2. The maximum atomic E-state index is 12.1. The van der Waals surface area contributed by atoms with Crippen LogP contribution in [0.15, 0.2) is 0 Å². The summed E-state index contributed by atoms with van der Waals surface area (Å²) in [5.41, 5.74) is -0.404. The van der Waals surface area contributed by atoms with Gasteiger partial charge in [0.2, 0.25) is 0 Å². The lowest BCUT2D eigenvalue weighted by Crippen LogP contribution is -2.65. The van der Waals surface area contributed by atoms with Crippen LogP contribution >= 0.6 is 0 Å². The fourth-order valence-corrected chi connectivity index (χ4v) is 8.28. The second-order valence-electron chi connectivity index (χ2n) is 10.6. The molecule has 0 bridgehead atoms. The van der Waals surface area contributed by atoms with E-state index in [4.69, 9.17) is 9.47 Å². The number of hydrogen-bond donors (Lipinski definition) is 2. The van der Waals surface area contributed by atoms with Gasteiger partial charge in [-0.25, -0.2) is 0 Å². The first-order chi connectivity index (χ1) is 12.4. The van der Waals surface area contributed by atoms with Crippen LogP contribution in [-0.2, 0) is 9.47 Å². The van der Waals surface area contributed by atoms with Crippen LogP contribution < -0.4 is 0 Å². The minimum absolute atomic E-state index is 0.0828. The van der Waals surface area contributed by atoms with Crippen LogP contribution in [0.25, 0.3) is 0 Å². The van der Waals surface area contributed by atoms with Crippen molar-refractivity contribution in [3.05, 3.63) is 0 Å². The molecule has 4 saturated carbocycles. The largest absolute Gasteiger partial charge is 0.393 e. The molecule has 4 aliphatic carbocycles. The van der Waals surface area contributed by atoms with Crippen molar-refractivity contribution in [3.63, 3.8) is 0 Å². The van der Waals surface area contributed by atoms with Crippen molar-refractivity contribution in [2.75, 3.05) is 13.2 Å². The highest BCUT2D eigenvalue weighted by Gasteiger charge is 2.68. The Labute approximate surface area is 157 Å². The number of fused-ring (bicyclic) bond motifs is 5. The molecule has 4 nitrogen and oxygen atoms in total.